The molecule has 0 aliphatic carbocycles. The van der Waals surface area contributed by atoms with Crippen LogP contribution in [0, 0.1) is 0 Å². The van der Waals surface area contributed by atoms with Crippen molar-refractivity contribution in [3.05, 3.63) is 0 Å². The Hall–Kier alpha value is -4.12. The van der Waals surface area contributed by atoms with Crippen LogP contribution in [0.2, 0.25) is 0 Å². The molecule has 0 aromatic rings. The molecule has 0 radical (unpaired) electrons. The predicted molar refractivity (Wildman–Crippen MR) is 115 cm³/mol. The van der Waals surface area contributed by atoms with Crippen molar-refractivity contribution in [3.63, 3.8) is 0 Å². The van der Waals surface area contributed by atoms with Gasteiger partial charge in [0.15, 0.2) is 0 Å². The summed E-state index contributed by atoms with van der Waals surface area (Å²) in [4.78, 5) is 0. The quantitative estimate of drug-likeness (QED) is 0.0325. The molecule has 0 aromatic heterocycles. The minimum Gasteiger partial charge on any atom is -0.219 e. The van der Waals surface area contributed by atoms with E-state index in [1.165, 1.54) is 0 Å². The standard InChI is InChI=1S/H2O103/c1-3-5-7-9-11-13-15-17-19-21-23-25-27-29-31-33-35-37-39-41-43-45-47-49-51-53-55-57-59-61-63-65-67-69-71-73-75-77-79-81-83-85-87-89-91-93-95-97-99-101-103-102-100-98-96-94-92-90-88-86-84-82-80-78-76-74-72-70-68-66-64-62-60-58-56-54-52-50-48-46-44-42-40-38-36-34-32-30-28-26-24-22-20-18-16-14-12-10-8-6-4-2/h1-2H. The summed E-state index contributed by atoms with van der Waals surface area (Å²) in [6.45, 7) is 0. The molecule has 0 aliphatic rings. The van der Waals surface area contributed by atoms with E-state index in [1.54, 1.807) is 0 Å². The minimum absolute atomic E-state index is 2.87. The van der Waals surface area contributed by atoms with Crippen LogP contribution in [0.15, 0.2) is 0 Å². The van der Waals surface area contributed by atoms with Gasteiger partial charge in [-0.15, -0.1) is 0 Å². The lowest BCUT2D eigenvalue weighted by molar-refractivity contribution is -0.913. The van der Waals surface area contributed by atoms with Crippen molar-refractivity contribution in [1.29, 1.82) is 0 Å². The van der Waals surface area contributed by atoms with E-state index in [1.807, 2.05) is 0 Å². The van der Waals surface area contributed by atoms with Gasteiger partial charge in [0.1, 0.15) is 0 Å². The van der Waals surface area contributed by atoms with Crippen molar-refractivity contribution < 1.29 is 519 Å². The molecule has 0 saturated carbocycles. The molecule has 2 N–H and O–H groups in total. The summed E-state index contributed by atoms with van der Waals surface area (Å²) in [5, 5.41) is 366. The first-order valence-electron chi connectivity index (χ1n) is 17.0. The third-order valence-corrected chi connectivity index (χ3v) is 2.78. The first kappa shape index (κ1) is 98.9. The Kier molecular flexibility index (Phi) is 94.0. The maximum absolute atomic E-state index is 7.59. The Morgan fingerprint density at radius 3 is 0.107 bits per heavy atom. The molecule has 103 heteroatoms. The molecule has 0 spiro atoms. The minimum atomic E-state index is 2.87. The van der Waals surface area contributed by atoms with Gasteiger partial charge < -0.3 is 0 Å². The lowest BCUT2D eigenvalue weighted by atomic mass is 14.0. The largest absolute Gasteiger partial charge is 0.219 e. The Balaban J connectivity index is 3.09. The van der Waals surface area contributed by atoms with Gasteiger partial charge in [-0.1, -0.05) is 0 Å². The van der Waals surface area contributed by atoms with Gasteiger partial charge in [0.05, 0.1) is 0 Å². The fraction of sp³-hybridized carbons (Fsp3) is 0. The van der Waals surface area contributed by atoms with Crippen LogP contribution in [0.1, 0.15) is 0 Å². The zero-order chi connectivity index (χ0) is 73.4. The summed E-state index contributed by atoms with van der Waals surface area (Å²) < 4.78 is 0. The second kappa shape index (κ2) is 97.9. The normalized spacial score (nSPS) is 11.8. The molecule has 0 saturated heterocycles. The molecule has 0 rings (SSSR count). The van der Waals surface area contributed by atoms with E-state index >= 15 is 0 Å². The van der Waals surface area contributed by atoms with Crippen LogP contribution >= 0.6 is 0 Å². The molecule has 0 aromatic carbocycles. The van der Waals surface area contributed by atoms with Crippen molar-refractivity contribution in [1.82, 2.24) is 0 Å². The molecule has 0 heterocycles. The van der Waals surface area contributed by atoms with Gasteiger partial charge in [0.25, 0.3) is 0 Å². The molecule has 0 aliphatic heterocycles. The molecule has 0 amide bonds. The Bertz CT molecular complexity index is 1240. The molecule has 103 nitrogen and oxygen atoms in total. The zero-order valence-corrected chi connectivity index (χ0v) is 42.1. The fourth-order valence-corrected chi connectivity index (χ4v) is 1.12. The highest BCUT2D eigenvalue weighted by Crippen LogP contribution is 2.03. The third kappa shape index (κ3) is 97.9. The molecular weight excluding hydrogens is 1650 g/mol. The number of rotatable bonds is 100. The summed E-state index contributed by atoms with van der Waals surface area (Å²) in [5.41, 5.74) is 0. The van der Waals surface area contributed by atoms with Gasteiger partial charge in [-0.25, -0.2) is 10.5 Å². The molecular formula is H2O103. The maximum Gasteiger partial charge on any atom is 0 e. The first-order valence-corrected chi connectivity index (χ1v) is 17.0. The van der Waals surface area contributed by atoms with Crippen molar-refractivity contribution in [3.8, 4) is 0 Å². The van der Waals surface area contributed by atoms with E-state index in [-0.39, 0.29) is 0 Å². The van der Waals surface area contributed by atoms with Crippen molar-refractivity contribution in [2.45, 2.75) is 0 Å². The Morgan fingerprint density at radius 1 is 0.0485 bits per heavy atom. The van der Waals surface area contributed by atoms with Crippen molar-refractivity contribution >= 4 is 0 Å². The van der Waals surface area contributed by atoms with Gasteiger partial charge in [-0.3, -0.25) is 0 Å². The first-order chi connectivity index (χ1) is 51.4. The highest BCUT2D eigenvalue weighted by molar-refractivity contribution is 3.18. The lowest BCUT2D eigenvalue weighted by Gasteiger charge is -2.00. The lowest BCUT2D eigenvalue weighted by Crippen LogP contribution is -2.07. The maximum atomic E-state index is 7.59. The summed E-state index contributed by atoms with van der Waals surface area (Å²) >= 11 is 0. The molecule has 0 unspecified atom stereocenters. The summed E-state index contributed by atoms with van der Waals surface area (Å²) in [6, 6.07) is 0. The molecule has 103 heavy (non-hydrogen) atoms. The zero-order valence-electron chi connectivity index (χ0n) is 42.1. The van der Waals surface area contributed by atoms with Gasteiger partial charge in [0, 0.05) is 428 Å². The summed E-state index contributed by atoms with van der Waals surface area (Å²) in [7, 11) is 0. The van der Waals surface area contributed by atoms with E-state index in [4.69, 9.17) is 10.5 Å². The third-order valence-electron chi connectivity index (χ3n) is 2.78. The van der Waals surface area contributed by atoms with Gasteiger partial charge in [-0.2, -0.15) is 0 Å². The van der Waals surface area contributed by atoms with Crippen molar-refractivity contribution in [2.24, 2.45) is 0 Å². The van der Waals surface area contributed by atoms with Gasteiger partial charge in [-0.05, 0) is 80.6 Å². The second-order valence-electron chi connectivity index (χ2n) is 6.89. The Morgan fingerprint density at radius 2 is 0.0777 bits per heavy atom. The van der Waals surface area contributed by atoms with Crippen LogP contribution in [0.4, 0.5) is 0 Å². The number of hydrogen-bond donors (Lipinski definition) is 2. The van der Waals surface area contributed by atoms with Crippen LogP contribution < -0.4 is 0 Å². The smallest absolute Gasteiger partial charge is 0 e. The van der Waals surface area contributed by atoms with Crippen LogP contribution in [0.5, 0.6) is 0 Å². The molecule has 0 fully saturated rings. The van der Waals surface area contributed by atoms with Crippen LogP contribution in [-0.4, -0.2) is 10.5 Å². The molecule has 620 valence electrons. The van der Waals surface area contributed by atoms with E-state index in [0.29, 0.717) is 0 Å². The average Bonchev–Trinajstić information content (AvgIpc) is 3.71. The Labute approximate surface area is 521 Å². The van der Waals surface area contributed by atoms with E-state index < -0.39 is 0 Å². The highest BCUT2D eigenvalue weighted by Gasteiger charge is 2.09. The summed E-state index contributed by atoms with van der Waals surface area (Å²) in [6.07, 6.45) is 0. The molecule has 0 atom stereocenters. The summed E-state index contributed by atoms with van der Waals surface area (Å²) in [5.74, 6) is 0. The van der Waals surface area contributed by atoms with Gasteiger partial charge >= 0.3 is 0 Å². The second-order valence-corrected chi connectivity index (χ2v) is 6.89. The highest BCUT2D eigenvalue weighted by atomic mass is 18.1. The van der Waals surface area contributed by atoms with Crippen LogP contribution in [0.25, 0.3) is 0 Å². The van der Waals surface area contributed by atoms with E-state index in [0.717, 1.165) is 0 Å². The van der Waals surface area contributed by atoms with Crippen molar-refractivity contribution in [2.75, 3.05) is 0 Å². The van der Waals surface area contributed by atoms with Crippen LogP contribution in [-0.2, 0) is 509 Å². The predicted octanol–water partition coefficient (Wildman–Crippen LogP) is -6.89. The fourth-order valence-electron chi connectivity index (χ4n) is 1.12. The van der Waals surface area contributed by atoms with Crippen LogP contribution in [0.3, 0.4) is 0 Å². The monoisotopic (exact) mass is 1650 g/mol. The topological polar surface area (TPSA) is 973 Å². The van der Waals surface area contributed by atoms with E-state index in [9.17, 15) is 0 Å². The SMILES string of the molecule is OOOOOOOOOOOOOOOOOOOOOOOOOOOOOOOOOOOOOOOOOOOOOOOOOOOOOOOOOOOOOOOOOOOOOOOOOOOOOOOOOOOOOOOOOOOOOOOOOOOOOOO. The van der Waals surface area contributed by atoms with Gasteiger partial charge in [0.2, 0.25) is 0 Å². The average molecular weight is 1650 g/mol. The molecule has 0 bridgehead atoms. The van der Waals surface area contributed by atoms with E-state index in [2.05, 4.69) is 509 Å². The number of hydrogen-bond acceptors (Lipinski definition) is 103.